The highest BCUT2D eigenvalue weighted by atomic mass is 16.6. The van der Waals surface area contributed by atoms with E-state index in [1.165, 1.54) is 5.56 Å². The van der Waals surface area contributed by atoms with Crippen molar-refractivity contribution < 1.29 is 24.2 Å². The van der Waals surface area contributed by atoms with Crippen LogP contribution in [0.2, 0.25) is 0 Å². The van der Waals surface area contributed by atoms with Crippen molar-refractivity contribution in [3.63, 3.8) is 0 Å². The van der Waals surface area contributed by atoms with E-state index < -0.39 is 5.60 Å². The second-order valence-corrected chi connectivity index (χ2v) is 12.2. The lowest BCUT2D eigenvalue weighted by atomic mass is 10.0. The molecule has 0 atom stereocenters. The number of unbranched alkanes of at least 4 members (excludes halogenated alkanes) is 5. The zero-order valence-electron chi connectivity index (χ0n) is 25.2. The summed E-state index contributed by atoms with van der Waals surface area (Å²) >= 11 is 0. The maximum absolute atomic E-state index is 13.1. The van der Waals surface area contributed by atoms with Gasteiger partial charge >= 0.3 is 6.09 Å². The number of phenolic OH excluding ortho intramolecular Hbond substituents is 1. The fraction of sp³-hybridized carbons (Fsp3) is 0.471. The molecule has 2 aliphatic rings. The lowest BCUT2D eigenvalue weighted by Gasteiger charge is -2.24. The van der Waals surface area contributed by atoms with Crippen LogP contribution in [0.15, 0.2) is 54.3 Å². The molecule has 7 heteroatoms. The van der Waals surface area contributed by atoms with Gasteiger partial charge in [0.1, 0.15) is 17.1 Å². The van der Waals surface area contributed by atoms with Gasteiger partial charge in [-0.1, -0.05) is 56.0 Å². The van der Waals surface area contributed by atoms with E-state index >= 15 is 0 Å². The number of fused-ring (bicyclic) bond motifs is 2. The van der Waals surface area contributed by atoms with Crippen molar-refractivity contribution in [2.24, 2.45) is 0 Å². The van der Waals surface area contributed by atoms with Gasteiger partial charge in [-0.05, 0) is 88.5 Å². The van der Waals surface area contributed by atoms with E-state index in [0.717, 1.165) is 62.6 Å². The summed E-state index contributed by atoms with van der Waals surface area (Å²) in [5, 5.41) is 10.7. The SMILES string of the molecule is CN(CCCCCCCCN(C)C(=O)OC(C)(C)C)Cc1c(O)ccc2c1O/C(=C\C1=CCc3ccccc31)C2=O. The van der Waals surface area contributed by atoms with Crippen LogP contribution in [0, 0.1) is 0 Å². The zero-order valence-corrected chi connectivity index (χ0v) is 25.2. The van der Waals surface area contributed by atoms with Crippen LogP contribution >= 0.6 is 0 Å². The third-order valence-electron chi connectivity index (χ3n) is 7.49. The quantitative estimate of drug-likeness (QED) is 0.220. The van der Waals surface area contributed by atoms with E-state index in [2.05, 4.69) is 23.1 Å². The zero-order chi connectivity index (χ0) is 29.6. The van der Waals surface area contributed by atoms with Crippen LogP contribution in [0.4, 0.5) is 4.79 Å². The van der Waals surface area contributed by atoms with Crippen LogP contribution in [0.5, 0.6) is 11.5 Å². The number of Topliss-reactive ketones (excluding diaryl/α,β-unsaturated/α-hetero) is 1. The van der Waals surface area contributed by atoms with Crippen molar-refractivity contribution in [1.82, 2.24) is 9.80 Å². The second kappa shape index (κ2) is 13.4. The molecule has 0 aromatic heterocycles. The smallest absolute Gasteiger partial charge is 0.410 e. The van der Waals surface area contributed by atoms with Crippen molar-refractivity contribution in [1.29, 1.82) is 0 Å². The minimum atomic E-state index is -0.469. The number of amides is 1. The first-order valence-corrected chi connectivity index (χ1v) is 14.7. The predicted octanol–water partition coefficient (Wildman–Crippen LogP) is 7.13. The Labute approximate surface area is 244 Å². The highest BCUT2D eigenvalue weighted by Crippen LogP contribution is 2.41. The minimum Gasteiger partial charge on any atom is -0.507 e. The number of rotatable bonds is 12. The Hall–Kier alpha value is -3.58. The molecule has 0 bridgehead atoms. The summed E-state index contributed by atoms with van der Waals surface area (Å²) in [7, 11) is 3.81. The molecule has 0 saturated carbocycles. The first-order valence-electron chi connectivity index (χ1n) is 14.7. The van der Waals surface area contributed by atoms with Gasteiger partial charge in [0.05, 0.1) is 11.1 Å². The highest BCUT2D eigenvalue weighted by molar-refractivity contribution is 6.14. The molecule has 2 aromatic rings. The molecule has 1 aliphatic carbocycles. The molecular weight excluding hydrogens is 516 g/mol. The first-order chi connectivity index (χ1) is 19.5. The Morgan fingerprint density at radius 2 is 1.66 bits per heavy atom. The number of carbonyl (C=O) groups is 2. The Balaban J connectivity index is 1.21. The molecular formula is C34H44N2O5. The largest absolute Gasteiger partial charge is 0.507 e. The first kappa shape index (κ1) is 30.4. The summed E-state index contributed by atoms with van der Waals surface area (Å²) in [5.41, 5.74) is 4.05. The predicted molar refractivity (Wildman–Crippen MR) is 162 cm³/mol. The standard InChI is InChI=1S/C34H44N2O5/c1-34(2,3)41-33(39)36(5)21-13-9-7-6-8-12-20-35(4)23-28-29(37)19-18-27-31(38)30(40-32(27)28)22-25-17-16-24-14-10-11-15-26(24)25/h10-11,14-15,17-19,22,37H,6-9,12-13,16,20-21,23H2,1-5H3/b30-22-. The molecule has 41 heavy (non-hydrogen) atoms. The summed E-state index contributed by atoms with van der Waals surface area (Å²) in [6, 6.07) is 11.4. The molecule has 2 aromatic carbocycles. The number of ether oxygens (including phenoxy) is 2. The number of nitrogens with zero attached hydrogens (tertiary/aromatic N) is 2. The van der Waals surface area contributed by atoms with Crippen LogP contribution in [-0.2, 0) is 17.7 Å². The number of phenols is 1. The summed E-state index contributed by atoms with van der Waals surface area (Å²) < 4.78 is 11.5. The van der Waals surface area contributed by atoms with Crippen LogP contribution in [0.3, 0.4) is 0 Å². The van der Waals surface area contributed by atoms with Crippen molar-refractivity contribution in [3.05, 3.63) is 76.6 Å². The van der Waals surface area contributed by atoms with E-state index in [4.69, 9.17) is 9.47 Å². The van der Waals surface area contributed by atoms with E-state index in [0.29, 0.717) is 35.7 Å². The van der Waals surface area contributed by atoms with Gasteiger partial charge in [0.15, 0.2) is 5.76 Å². The third-order valence-corrected chi connectivity index (χ3v) is 7.49. The van der Waals surface area contributed by atoms with Gasteiger partial charge in [0, 0.05) is 20.1 Å². The van der Waals surface area contributed by atoms with Crippen LogP contribution < -0.4 is 4.74 Å². The van der Waals surface area contributed by atoms with Crippen LogP contribution in [0.25, 0.3) is 5.57 Å². The van der Waals surface area contributed by atoms with Gasteiger partial charge in [-0.15, -0.1) is 0 Å². The van der Waals surface area contributed by atoms with E-state index in [-0.39, 0.29) is 17.6 Å². The Morgan fingerprint density at radius 1 is 0.976 bits per heavy atom. The number of hydrogen-bond donors (Lipinski definition) is 1. The molecule has 1 aliphatic heterocycles. The Morgan fingerprint density at radius 3 is 2.39 bits per heavy atom. The molecule has 0 spiro atoms. The number of aromatic hydroxyl groups is 1. The fourth-order valence-electron chi connectivity index (χ4n) is 5.26. The summed E-state index contributed by atoms with van der Waals surface area (Å²) in [6.07, 6.45) is 11.0. The molecule has 220 valence electrons. The van der Waals surface area contributed by atoms with Crippen molar-refractivity contribution in [3.8, 4) is 11.5 Å². The summed E-state index contributed by atoms with van der Waals surface area (Å²) in [5.74, 6) is 0.768. The molecule has 0 saturated heterocycles. The van der Waals surface area contributed by atoms with Gasteiger partial charge in [0.2, 0.25) is 5.78 Å². The maximum Gasteiger partial charge on any atom is 0.410 e. The number of benzene rings is 2. The monoisotopic (exact) mass is 560 g/mol. The van der Waals surface area contributed by atoms with Crippen LogP contribution in [-0.4, -0.2) is 59.6 Å². The summed E-state index contributed by atoms with van der Waals surface area (Å²) in [4.78, 5) is 29.0. The molecule has 0 fully saturated rings. The van der Waals surface area contributed by atoms with E-state index in [1.807, 2.05) is 46.0 Å². The minimum absolute atomic E-state index is 0.145. The fourth-order valence-corrected chi connectivity index (χ4v) is 5.26. The molecule has 0 unspecified atom stereocenters. The van der Waals surface area contributed by atoms with Crippen molar-refractivity contribution in [2.75, 3.05) is 27.2 Å². The highest BCUT2D eigenvalue weighted by Gasteiger charge is 2.32. The molecule has 1 heterocycles. The average Bonchev–Trinajstić information content (AvgIpc) is 3.47. The normalized spacial score (nSPS) is 15.1. The third kappa shape index (κ3) is 8.00. The van der Waals surface area contributed by atoms with Crippen LogP contribution in [0.1, 0.15) is 86.3 Å². The van der Waals surface area contributed by atoms with Gasteiger partial charge in [0.25, 0.3) is 0 Å². The Kier molecular flexibility index (Phi) is 9.92. The molecule has 1 amide bonds. The molecule has 7 nitrogen and oxygen atoms in total. The second-order valence-electron chi connectivity index (χ2n) is 12.2. The van der Waals surface area contributed by atoms with Gasteiger partial charge in [-0.2, -0.15) is 0 Å². The van der Waals surface area contributed by atoms with Gasteiger partial charge < -0.3 is 24.4 Å². The topological polar surface area (TPSA) is 79.3 Å². The molecule has 4 rings (SSSR count). The number of ketones is 1. The van der Waals surface area contributed by atoms with Gasteiger partial charge in [-0.3, -0.25) is 4.79 Å². The van der Waals surface area contributed by atoms with E-state index in [9.17, 15) is 14.7 Å². The lowest BCUT2D eigenvalue weighted by molar-refractivity contribution is 0.0296. The maximum atomic E-state index is 13.1. The van der Waals surface area contributed by atoms with Gasteiger partial charge in [-0.25, -0.2) is 4.79 Å². The lowest BCUT2D eigenvalue weighted by Crippen LogP contribution is -2.34. The average molecular weight is 561 g/mol. The van der Waals surface area contributed by atoms with Crippen molar-refractivity contribution in [2.45, 2.75) is 77.9 Å². The molecule has 1 N–H and O–H groups in total. The summed E-state index contributed by atoms with van der Waals surface area (Å²) in [6.45, 7) is 7.71. The number of carbonyl (C=O) groups excluding carboxylic acids is 2. The van der Waals surface area contributed by atoms with E-state index in [1.54, 1.807) is 24.1 Å². The van der Waals surface area contributed by atoms with Crippen molar-refractivity contribution >= 4 is 17.4 Å². The molecule has 0 radical (unpaired) electrons. The number of allylic oxidation sites excluding steroid dienone is 4. The Bertz CT molecular complexity index is 1320. The number of hydrogen-bond acceptors (Lipinski definition) is 6.